The fourth-order valence-electron chi connectivity index (χ4n) is 3.01. The standard InChI is InChI=1S/C17H25NO3S/c1-2-21-17(20)10-11-18(14-7-4-3-5-8-14)16(19)13-15-9-6-12-22-15/h6,9,12,14H,2-5,7-8,10-11,13H2,1H3. The van der Waals surface area contributed by atoms with Gasteiger partial charge >= 0.3 is 5.97 Å². The van der Waals surface area contributed by atoms with Crippen molar-refractivity contribution in [2.45, 2.75) is 57.9 Å². The van der Waals surface area contributed by atoms with Crippen LogP contribution in [-0.2, 0) is 20.7 Å². The van der Waals surface area contributed by atoms with Gasteiger partial charge in [-0.1, -0.05) is 25.3 Å². The average molecular weight is 323 g/mol. The fraction of sp³-hybridized carbons (Fsp3) is 0.647. The summed E-state index contributed by atoms with van der Waals surface area (Å²) >= 11 is 1.61. The van der Waals surface area contributed by atoms with Crippen LogP contribution in [0.25, 0.3) is 0 Å². The molecule has 1 heterocycles. The number of hydrogen-bond acceptors (Lipinski definition) is 4. The van der Waals surface area contributed by atoms with E-state index in [0.717, 1.165) is 17.7 Å². The molecular formula is C17H25NO3S. The van der Waals surface area contributed by atoms with Crippen LogP contribution < -0.4 is 0 Å². The van der Waals surface area contributed by atoms with Gasteiger partial charge in [-0.15, -0.1) is 11.3 Å². The van der Waals surface area contributed by atoms with Crippen LogP contribution in [0, 0.1) is 0 Å². The van der Waals surface area contributed by atoms with Gasteiger partial charge in [0.1, 0.15) is 0 Å². The summed E-state index contributed by atoms with van der Waals surface area (Å²) in [7, 11) is 0. The van der Waals surface area contributed by atoms with Gasteiger partial charge in [-0.2, -0.15) is 0 Å². The molecule has 0 radical (unpaired) electrons. The van der Waals surface area contributed by atoms with E-state index in [-0.39, 0.29) is 17.9 Å². The second-order valence-electron chi connectivity index (χ2n) is 5.69. The summed E-state index contributed by atoms with van der Waals surface area (Å²) in [4.78, 5) is 27.3. The second kappa shape index (κ2) is 8.93. The Morgan fingerprint density at radius 2 is 2.09 bits per heavy atom. The summed E-state index contributed by atoms with van der Waals surface area (Å²) in [5, 5.41) is 1.99. The summed E-state index contributed by atoms with van der Waals surface area (Å²) in [6, 6.07) is 4.25. The molecule has 1 fully saturated rings. The molecule has 1 aliphatic rings. The smallest absolute Gasteiger partial charge is 0.307 e. The molecular weight excluding hydrogens is 298 g/mol. The average Bonchev–Trinajstić information content (AvgIpc) is 3.02. The van der Waals surface area contributed by atoms with Crippen molar-refractivity contribution in [1.82, 2.24) is 4.90 Å². The minimum atomic E-state index is -0.216. The van der Waals surface area contributed by atoms with Crippen LogP contribution in [0.3, 0.4) is 0 Å². The predicted octanol–water partition coefficient (Wildman–Crippen LogP) is 3.41. The van der Waals surface area contributed by atoms with Crippen LogP contribution >= 0.6 is 11.3 Å². The van der Waals surface area contributed by atoms with Crippen molar-refractivity contribution in [3.63, 3.8) is 0 Å². The van der Waals surface area contributed by atoms with Gasteiger partial charge in [-0.3, -0.25) is 9.59 Å². The van der Waals surface area contributed by atoms with Gasteiger partial charge in [0.2, 0.25) is 5.91 Å². The lowest BCUT2D eigenvalue weighted by molar-refractivity contribution is -0.144. The first-order valence-corrected chi connectivity index (χ1v) is 9.06. The zero-order valence-corrected chi connectivity index (χ0v) is 14.1. The molecule has 1 aromatic rings. The van der Waals surface area contributed by atoms with E-state index in [4.69, 9.17) is 4.74 Å². The topological polar surface area (TPSA) is 46.6 Å². The van der Waals surface area contributed by atoms with E-state index in [1.165, 1.54) is 19.3 Å². The molecule has 0 atom stereocenters. The highest BCUT2D eigenvalue weighted by atomic mass is 32.1. The lowest BCUT2D eigenvalue weighted by Crippen LogP contribution is -2.43. The molecule has 1 amide bonds. The third-order valence-electron chi connectivity index (χ3n) is 4.10. The van der Waals surface area contributed by atoms with Crippen molar-refractivity contribution >= 4 is 23.2 Å². The van der Waals surface area contributed by atoms with Crippen molar-refractivity contribution in [3.8, 4) is 0 Å². The Morgan fingerprint density at radius 1 is 1.32 bits per heavy atom. The monoisotopic (exact) mass is 323 g/mol. The number of carbonyl (C=O) groups excluding carboxylic acids is 2. The first-order valence-electron chi connectivity index (χ1n) is 8.18. The molecule has 0 saturated heterocycles. The molecule has 0 spiro atoms. The second-order valence-corrected chi connectivity index (χ2v) is 6.72. The molecule has 1 saturated carbocycles. The summed E-state index contributed by atoms with van der Waals surface area (Å²) in [6.45, 7) is 2.68. The molecule has 0 aromatic carbocycles. The van der Waals surface area contributed by atoms with Crippen LogP contribution in [0.4, 0.5) is 0 Å². The number of rotatable bonds is 7. The van der Waals surface area contributed by atoms with E-state index in [2.05, 4.69) is 0 Å². The molecule has 5 heteroatoms. The minimum absolute atomic E-state index is 0.138. The maximum atomic E-state index is 12.7. The lowest BCUT2D eigenvalue weighted by Gasteiger charge is -2.34. The number of nitrogens with zero attached hydrogens (tertiary/aromatic N) is 1. The fourth-order valence-corrected chi connectivity index (χ4v) is 3.71. The van der Waals surface area contributed by atoms with E-state index >= 15 is 0 Å². The van der Waals surface area contributed by atoms with Crippen molar-refractivity contribution in [2.75, 3.05) is 13.2 Å². The number of ether oxygens (including phenoxy) is 1. The Hall–Kier alpha value is -1.36. The summed E-state index contributed by atoms with van der Waals surface area (Å²) in [5.41, 5.74) is 0. The zero-order valence-electron chi connectivity index (χ0n) is 13.3. The highest BCUT2D eigenvalue weighted by molar-refractivity contribution is 7.10. The highest BCUT2D eigenvalue weighted by Gasteiger charge is 2.26. The molecule has 0 N–H and O–H groups in total. The quantitative estimate of drug-likeness (QED) is 0.723. The molecule has 22 heavy (non-hydrogen) atoms. The van der Waals surface area contributed by atoms with Gasteiger partial charge in [0, 0.05) is 17.5 Å². The Morgan fingerprint density at radius 3 is 2.73 bits per heavy atom. The highest BCUT2D eigenvalue weighted by Crippen LogP contribution is 2.24. The lowest BCUT2D eigenvalue weighted by atomic mass is 9.93. The van der Waals surface area contributed by atoms with E-state index in [0.29, 0.717) is 26.0 Å². The van der Waals surface area contributed by atoms with Crippen LogP contribution in [0.5, 0.6) is 0 Å². The van der Waals surface area contributed by atoms with E-state index in [9.17, 15) is 9.59 Å². The van der Waals surface area contributed by atoms with Gasteiger partial charge in [0.15, 0.2) is 0 Å². The van der Waals surface area contributed by atoms with Crippen LogP contribution in [0.2, 0.25) is 0 Å². The maximum Gasteiger partial charge on any atom is 0.307 e. The molecule has 122 valence electrons. The Labute approximate surface area is 136 Å². The van der Waals surface area contributed by atoms with Crippen molar-refractivity contribution in [2.24, 2.45) is 0 Å². The molecule has 0 bridgehead atoms. The predicted molar refractivity (Wildman–Crippen MR) is 87.9 cm³/mol. The van der Waals surface area contributed by atoms with E-state index in [1.54, 1.807) is 18.3 Å². The van der Waals surface area contributed by atoms with Gasteiger partial charge < -0.3 is 9.64 Å². The Balaban J connectivity index is 1.96. The largest absolute Gasteiger partial charge is 0.466 e. The number of hydrogen-bond donors (Lipinski definition) is 0. The third-order valence-corrected chi connectivity index (χ3v) is 4.98. The third kappa shape index (κ3) is 5.13. The van der Waals surface area contributed by atoms with Crippen molar-refractivity contribution in [1.29, 1.82) is 0 Å². The van der Waals surface area contributed by atoms with Crippen molar-refractivity contribution < 1.29 is 14.3 Å². The molecule has 0 aliphatic heterocycles. The van der Waals surface area contributed by atoms with Crippen LogP contribution in [-0.4, -0.2) is 36.0 Å². The Kier molecular flexibility index (Phi) is 6.90. The first-order chi connectivity index (χ1) is 10.7. The summed E-state index contributed by atoms with van der Waals surface area (Å²) in [6.07, 6.45) is 6.44. The molecule has 4 nitrogen and oxygen atoms in total. The Bertz CT molecular complexity index is 466. The molecule has 1 aliphatic carbocycles. The molecule has 0 unspecified atom stereocenters. The molecule has 2 rings (SSSR count). The molecule has 1 aromatic heterocycles. The minimum Gasteiger partial charge on any atom is -0.466 e. The summed E-state index contributed by atoms with van der Waals surface area (Å²) in [5.74, 6) is -0.0779. The number of amides is 1. The van der Waals surface area contributed by atoms with E-state index < -0.39 is 0 Å². The number of carbonyl (C=O) groups is 2. The van der Waals surface area contributed by atoms with Gasteiger partial charge in [-0.25, -0.2) is 0 Å². The van der Waals surface area contributed by atoms with Gasteiger partial charge in [0.05, 0.1) is 19.4 Å². The van der Waals surface area contributed by atoms with Crippen LogP contribution in [0.1, 0.15) is 50.3 Å². The maximum absolute atomic E-state index is 12.7. The first kappa shape index (κ1) is 17.0. The van der Waals surface area contributed by atoms with Crippen LogP contribution in [0.15, 0.2) is 17.5 Å². The van der Waals surface area contributed by atoms with Crippen molar-refractivity contribution in [3.05, 3.63) is 22.4 Å². The van der Waals surface area contributed by atoms with E-state index in [1.807, 2.05) is 22.4 Å². The van der Waals surface area contributed by atoms with Gasteiger partial charge in [0.25, 0.3) is 0 Å². The number of esters is 1. The normalized spacial score (nSPS) is 15.5. The zero-order chi connectivity index (χ0) is 15.8. The number of thiophene rings is 1. The SMILES string of the molecule is CCOC(=O)CCN(C(=O)Cc1cccs1)C1CCCCC1. The summed E-state index contributed by atoms with van der Waals surface area (Å²) < 4.78 is 4.99. The van der Waals surface area contributed by atoms with Gasteiger partial charge in [-0.05, 0) is 31.2 Å².